The monoisotopic (exact) mass is 368 g/mol. The summed E-state index contributed by atoms with van der Waals surface area (Å²) in [5, 5.41) is 4.95. The van der Waals surface area contributed by atoms with Gasteiger partial charge in [0.2, 0.25) is 11.8 Å². The van der Waals surface area contributed by atoms with Crippen molar-refractivity contribution in [3.63, 3.8) is 0 Å². The van der Waals surface area contributed by atoms with Crippen LogP contribution < -0.4 is 5.32 Å². The molecule has 1 N–H and O–H groups in total. The molecular formula is C21H24N2O2S. The number of benzene rings is 1. The summed E-state index contributed by atoms with van der Waals surface area (Å²) in [6.07, 6.45) is 4.56. The summed E-state index contributed by atoms with van der Waals surface area (Å²) in [5.74, 6) is 0.0572. The summed E-state index contributed by atoms with van der Waals surface area (Å²) in [4.78, 5) is 28.1. The number of hydrogen-bond acceptors (Lipinski definition) is 3. The van der Waals surface area contributed by atoms with Gasteiger partial charge in [0.15, 0.2) is 0 Å². The molecule has 4 rings (SSSR count). The first-order chi connectivity index (χ1) is 12.6. The van der Waals surface area contributed by atoms with Crippen molar-refractivity contribution in [3.8, 4) is 0 Å². The Kier molecular flexibility index (Phi) is 4.81. The van der Waals surface area contributed by atoms with Gasteiger partial charge in [-0.05, 0) is 48.3 Å². The number of carbonyl (C=O) groups is 2. The predicted molar refractivity (Wildman–Crippen MR) is 103 cm³/mol. The molecule has 1 fully saturated rings. The third kappa shape index (κ3) is 3.54. The Balaban J connectivity index is 1.55. The van der Waals surface area contributed by atoms with Gasteiger partial charge in [0.05, 0.1) is 18.5 Å². The molecule has 0 saturated heterocycles. The predicted octanol–water partition coefficient (Wildman–Crippen LogP) is 3.99. The van der Waals surface area contributed by atoms with E-state index in [4.69, 9.17) is 0 Å². The van der Waals surface area contributed by atoms with Crippen LogP contribution in [-0.2, 0) is 16.0 Å². The van der Waals surface area contributed by atoms with E-state index in [0.29, 0.717) is 12.5 Å². The van der Waals surface area contributed by atoms with Crippen molar-refractivity contribution < 1.29 is 9.59 Å². The standard InChI is InChI=1S/C21H24N2O2S/c1-14(24)22-18(20-7-4-12-26-20)13-21(25)23(16-9-10-16)19-11-8-15-5-2-3-6-17(15)19/h2-7,12,16,18-19H,8-11,13H2,1H3,(H,22,24). The van der Waals surface area contributed by atoms with Gasteiger partial charge in [0, 0.05) is 17.8 Å². The minimum absolute atomic E-state index is 0.0969. The van der Waals surface area contributed by atoms with Crippen LogP contribution in [0.2, 0.25) is 0 Å². The Labute approximate surface area is 158 Å². The van der Waals surface area contributed by atoms with E-state index in [0.717, 1.165) is 30.6 Å². The second-order valence-corrected chi connectivity index (χ2v) is 8.24. The highest BCUT2D eigenvalue weighted by atomic mass is 32.1. The van der Waals surface area contributed by atoms with Gasteiger partial charge in [0.1, 0.15) is 0 Å². The van der Waals surface area contributed by atoms with Gasteiger partial charge in [-0.1, -0.05) is 30.3 Å². The molecule has 136 valence electrons. The van der Waals surface area contributed by atoms with Crippen LogP contribution >= 0.6 is 11.3 Å². The highest BCUT2D eigenvalue weighted by Crippen LogP contribution is 2.42. The van der Waals surface area contributed by atoms with E-state index in [1.807, 2.05) is 17.5 Å². The fraction of sp³-hybridized carbons (Fsp3) is 0.429. The Bertz CT molecular complexity index is 798. The third-order valence-corrected chi connectivity index (χ3v) is 6.29. The van der Waals surface area contributed by atoms with Crippen LogP contribution in [0, 0.1) is 0 Å². The number of amides is 2. The lowest BCUT2D eigenvalue weighted by Gasteiger charge is -2.31. The van der Waals surface area contributed by atoms with E-state index in [9.17, 15) is 9.59 Å². The number of carbonyl (C=O) groups excluding carboxylic acids is 2. The van der Waals surface area contributed by atoms with E-state index >= 15 is 0 Å². The Hall–Kier alpha value is -2.14. The van der Waals surface area contributed by atoms with Gasteiger partial charge in [-0.3, -0.25) is 9.59 Å². The molecule has 2 atom stereocenters. The molecule has 5 heteroatoms. The van der Waals surface area contributed by atoms with Gasteiger partial charge in [-0.15, -0.1) is 11.3 Å². The number of aryl methyl sites for hydroxylation is 1. The Morgan fingerprint density at radius 2 is 2.00 bits per heavy atom. The van der Waals surface area contributed by atoms with Crippen molar-refractivity contribution in [2.75, 3.05) is 0 Å². The van der Waals surface area contributed by atoms with E-state index in [2.05, 4.69) is 34.5 Å². The number of rotatable bonds is 6. The van der Waals surface area contributed by atoms with Crippen molar-refractivity contribution in [3.05, 3.63) is 57.8 Å². The molecule has 2 aliphatic carbocycles. The van der Waals surface area contributed by atoms with Gasteiger partial charge in [-0.2, -0.15) is 0 Å². The minimum atomic E-state index is -0.238. The summed E-state index contributed by atoms with van der Waals surface area (Å²) in [6, 6.07) is 12.8. The molecule has 1 aromatic heterocycles. The zero-order valence-corrected chi connectivity index (χ0v) is 15.8. The second-order valence-electron chi connectivity index (χ2n) is 7.26. The lowest BCUT2D eigenvalue weighted by molar-refractivity contribution is -0.135. The summed E-state index contributed by atoms with van der Waals surface area (Å²) in [7, 11) is 0. The first-order valence-electron chi connectivity index (χ1n) is 9.33. The number of fused-ring (bicyclic) bond motifs is 1. The molecule has 2 aliphatic rings. The number of thiophene rings is 1. The van der Waals surface area contributed by atoms with Crippen molar-refractivity contribution in [1.82, 2.24) is 10.2 Å². The normalized spacial score (nSPS) is 19.7. The van der Waals surface area contributed by atoms with Crippen LogP contribution in [0.15, 0.2) is 41.8 Å². The lowest BCUT2D eigenvalue weighted by Crippen LogP contribution is -2.39. The van der Waals surface area contributed by atoms with E-state index in [-0.39, 0.29) is 23.9 Å². The highest BCUT2D eigenvalue weighted by Gasteiger charge is 2.40. The molecule has 0 bridgehead atoms. The van der Waals surface area contributed by atoms with Crippen LogP contribution in [0.5, 0.6) is 0 Å². The summed E-state index contributed by atoms with van der Waals surface area (Å²) in [5.41, 5.74) is 2.67. The highest BCUT2D eigenvalue weighted by molar-refractivity contribution is 7.10. The maximum atomic E-state index is 13.3. The molecule has 2 unspecified atom stereocenters. The van der Waals surface area contributed by atoms with Crippen molar-refractivity contribution in [2.45, 2.75) is 57.2 Å². The van der Waals surface area contributed by atoms with Crippen LogP contribution in [0.1, 0.15) is 60.7 Å². The molecule has 4 nitrogen and oxygen atoms in total. The van der Waals surface area contributed by atoms with Gasteiger partial charge < -0.3 is 10.2 Å². The van der Waals surface area contributed by atoms with E-state index in [1.165, 1.54) is 18.1 Å². The molecule has 0 spiro atoms. The van der Waals surface area contributed by atoms with Gasteiger partial charge in [-0.25, -0.2) is 0 Å². The lowest BCUT2D eigenvalue weighted by atomic mass is 10.0. The van der Waals surface area contributed by atoms with Crippen LogP contribution in [0.25, 0.3) is 0 Å². The van der Waals surface area contributed by atoms with Crippen molar-refractivity contribution in [2.24, 2.45) is 0 Å². The van der Waals surface area contributed by atoms with Gasteiger partial charge in [0.25, 0.3) is 0 Å². The summed E-state index contributed by atoms with van der Waals surface area (Å²) in [6.45, 7) is 1.51. The Morgan fingerprint density at radius 3 is 2.69 bits per heavy atom. The molecule has 26 heavy (non-hydrogen) atoms. The number of hydrogen-bond donors (Lipinski definition) is 1. The fourth-order valence-corrected chi connectivity index (χ4v) is 4.82. The first-order valence-corrected chi connectivity index (χ1v) is 10.2. The molecule has 0 aliphatic heterocycles. The molecule has 2 aromatic rings. The third-order valence-electron chi connectivity index (χ3n) is 5.31. The molecular weight excluding hydrogens is 344 g/mol. The van der Waals surface area contributed by atoms with Crippen LogP contribution in [0.3, 0.4) is 0 Å². The largest absolute Gasteiger partial charge is 0.348 e. The maximum absolute atomic E-state index is 13.3. The van der Waals surface area contributed by atoms with Crippen LogP contribution in [0.4, 0.5) is 0 Å². The molecule has 1 heterocycles. The van der Waals surface area contributed by atoms with E-state index in [1.54, 1.807) is 11.3 Å². The average Bonchev–Trinajstić information content (AvgIpc) is 3.13. The maximum Gasteiger partial charge on any atom is 0.225 e. The fourth-order valence-electron chi connectivity index (χ4n) is 4.05. The number of nitrogens with one attached hydrogen (secondary N) is 1. The van der Waals surface area contributed by atoms with Crippen molar-refractivity contribution >= 4 is 23.2 Å². The topological polar surface area (TPSA) is 49.4 Å². The molecule has 1 saturated carbocycles. The van der Waals surface area contributed by atoms with E-state index < -0.39 is 0 Å². The minimum Gasteiger partial charge on any atom is -0.348 e. The zero-order valence-electron chi connectivity index (χ0n) is 15.0. The SMILES string of the molecule is CC(=O)NC(CC(=O)N(C1CC1)C1CCc2ccccc21)c1cccs1. The first kappa shape index (κ1) is 17.3. The molecule has 0 radical (unpaired) electrons. The Morgan fingerprint density at radius 1 is 1.19 bits per heavy atom. The second kappa shape index (κ2) is 7.23. The smallest absolute Gasteiger partial charge is 0.225 e. The van der Waals surface area contributed by atoms with Crippen molar-refractivity contribution in [1.29, 1.82) is 0 Å². The molecule has 2 amide bonds. The summed E-state index contributed by atoms with van der Waals surface area (Å²) >= 11 is 1.59. The van der Waals surface area contributed by atoms with Gasteiger partial charge >= 0.3 is 0 Å². The summed E-state index contributed by atoms with van der Waals surface area (Å²) < 4.78 is 0. The zero-order chi connectivity index (χ0) is 18.1. The molecule has 1 aromatic carbocycles. The number of nitrogens with zero attached hydrogens (tertiary/aromatic N) is 1. The van der Waals surface area contributed by atoms with Crippen LogP contribution in [-0.4, -0.2) is 22.8 Å². The quantitative estimate of drug-likeness (QED) is 0.838. The average molecular weight is 369 g/mol.